The molecular formula is C16H28IN3O2S2. The van der Waals surface area contributed by atoms with Crippen molar-refractivity contribution in [2.24, 2.45) is 4.99 Å². The molecule has 0 aliphatic rings. The topological polar surface area (TPSA) is 70.6 Å². The van der Waals surface area contributed by atoms with Crippen LogP contribution in [0.4, 0.5) is 0 Å². The summed E-state index contributed by atoms with van der Waals surface area (Å²) in [5.74, 6) is 0.932. The van der Waals surface area contributed by atoms with Crippen molar-refractivity contribution < 1.29 is 8.42 Å². The summed E-state index contributed by atoms with van der Waals surface area (Å²) >= 11 is 1.79. The van der Waals surface area contributed by atoms with Gasteiger partial charge in [0.25, 0.3) is 0 Å². The van der Waals surface area contributed by atoms with Crippen molar-refractivity contribution in [2.45, 2.75) is 30.4 Å². The van der Waals surface area contributed by atoms with Gasteiger partial charge in [0.2, 0.25) is 0 Å². The predicted molar refractivity (Wildman–Crippen MR) is 115 cm³/mol. The Hall–Kier alpha value is -0.480. The van der Waals surface area contributed by atoms with Gasteiger partial charge in [-0.2, -0.15) is 0 Å². The molecule has 1 rings (SSSR count). The summed E-state index contributed by atoms with van der Waals surface area (Å²) in [6.45, 7) is 6.22. The molecule has 1 aromatic rings. The van der Waals surface area contributed by atoms with Crippen molar-refractivity contribution in [1.82, 2.24) is 10.6 Å². The minimum absolute atomic E-state index is 0. The zero-order valence-electron chi connectivity index (χ0n) is 14.5. The number of thioether (sulfide) groups is 1. The normalized spacial score (nSPS) is 13.0. The number of rotatable bonds is 9. The van der Waals surface area contributed by atoms with E-state index in [0.29, 0.717) is 24.8 Å². The number of hydrogen-bond donors (Lipinski definition) is 2. The van der Waals surface area contributed by atoms with Crippen LogP contribution < -0.4 is 10.6 Å². The minimum Gasteiger partial charge on any atom is -0.357 e. The van der Waals surface area contributed by atoms with Gasteiger partial charge in [-0.25, -0.2) is 8.42 Å². The highest BCUT2D eigenvalue weighted by Gasteiger charge is 2.05. The molecule has 2 N–H and O–H groups in total. The quantitative estimate of drug-likeness (QED) is 0.185. The number of guanidine groups is 1. The number of hydrogen-bond acceptors (Lipinski definition) is 4. The number of sulfone groups is 1. The van der Waals surface area contributed by atoms with Crippen LogP contribution in [0.2, 0.25) is 0 Å². The first kappa shape index (κ1) is 23.5. The zero-order valence-corrected chi connectivity index (χ0v) is 18.5. The van der Waals surface area contributed by atoms with Gasteiger partial charge in [0.05, 0.1) is 12.3 Å². The van der Waals surface area contributed by atoms with Crippen molar-refractivity contribution in [3.8, 4) is 0 Å². The fourth-order valence-electron chi connectivity index (χ4n) is 1.87. The largest absolute Gasteiger partial charge is 0.357 e. The van der Waals surface area contributed by atoms with E-state index < -0.39 is 9.84 Å². The predicted octanol–water partition coefficient (Wildman–Crippen LogP) is 2.78. The van der Waals surface area contributed by atoms with E-state index in [1.165, 1.54) is 11.2 Å². The molecule has 1 aromatic carbocycles. The first-order valence-corrected chi connectivity index (χ1v) is 10.8. The summed E-state index contributed by atoms with van der Waals surface area (Å²) in [6.07, 6.45) is 1.84. The van der Waals surface area contributed by atoms with E-state index in [-0.39, 0.29) is 29.7 Å². The van der Waals surface area contributed by atoms with E-state index >= 15 is 0 Å². The molecule has 24 heavy (non-hydrogen) atoms. The second-order valence-electron chi connectivity index (χ2n) is 5.37. The van der Waals surface area contributed by atoms with Gasteiger partial charge in [-0.05, 0) is 25.5 Å². The summed E-state index contributed by atoms with van der Waals surface area (Å²) in [7, 11) is -2.90. The summed E-state index contributed by atoms with van der Waals surface area (Å²) in [5.41, 5.74) is 0. The van der Waals surface area contributed by atoms with Crippen LogP contribution in [0.15, 0.2) is 40.2 Å². The average Bonchev–Trinajstić information content (AvgIpc) is 2.49. The number of nitrogens with zero attached hydrogens (tertiary/aromatic N) is 1. The molecule has 1 atom stereocenters. The molecule has 0 fully saturated rings. The highest BCUT2D eigenvalue weighted by Crippen LogP contribution is 2.22. The molecule has 0 saturated heterocycles. The van der Waals surface area contributed by atoms with Crippen molar-refractivity contribution in [3.05, 3.63) is 30.3 Å². The van der Waals surface area contributed by atoms with Crippen LogP contribution in [0.25, 0.3) is 0 Å². The van der Waals surface area contributed by atoms with Gasteiger partial charge in [0.1, 0.15) is 9.84 Å². The summed E-state index contributed by atoms with van der Waals surface area (Å²) in [6, 6.07) is 10.3. The van der Waals surface area contributed by atoms with E-state index in [2.05, 4.69) is 34.7 Å². The Morgan fingerprint density at radius 1 is 1.25 bits per heavy atom. The Bertz CT molecular complexity index is 580. The van der Waals surface area contributed by atoms with Crippen LogP contribution in [0.3, 0.4) is 0 Å². The van der Waals surface area contributed by atoms with E-state index in [1.807, 2.05) is 25.1 Å². The third-order valence-electron chi connectivity index (χ3n) is 2.92. The van der Waals surface area contributed by atoms with Crippen LogP contribution in [0, 0.1) is 0 Å². The van der Waals surface area contributed by atoms with Crippen molar-refractivity contribution in [3.63, 3.8) is 0 Å². The molecule has 1 unspecified atom stereocenters. The maximum Gasteiger partial charge on any atom is 0.191 e. The Morgan fingerprint density at radius 2 is 1.92 bits per heavy atom. The standard InChI is InChI=1S/C16H27N3O2S2.HI/c1-4-17-16(18-11-8-12-23(3,20)21)19-13-14(2)22-15-9-6-5-7-10-15;/h5-7,9-10,14H,4,8,11-13H2,1-3H3,(H2,17,18,19);1H. The molecule has 0 spiro atoms. The number of nitrogens with one attached hydrogen (secondary N) is 2. The van der Waals surface area contributed by atoms with Crippen molar-refractivity contribution >= 4 is 51.5 Å². The smallest absolute Gasteiger partial charge is 0.191 e. The first-order chi connectivity index (χ1) is 10.9. The minimum atomic E-state index is -2.90. The van der Waals surface area contributed by atoms with Crippen LogP contribution in [-0.4, -0.2) is 51.3 Å². The second kappa shape index (κ2) is 12.8. The Labute approximate surface area is 167 Å². The maximum absolute atomic E-state index is 11.1. The van der Waals surface area contributed by atoms with E-state index in [0.717, 1.165) is 12.5 Å². The lowest BCUT2D eigenvalue weighted by Crippen LogP contribution is -2.38. The number of aliphatic imine (C=N–C) groups is 1. The fraction of sp³-hybridized carbons (Fsp3) is 0.562. The molecule has 0 amide bonds. The summed E-state index contributed by atoms with van der Waals surface area (Å²) in [4.78, 5) is 5.81. The molecule has 8 heteroatoms. The number of benzene rings is 1. The van der Waals surface area contributed by atoms with Crippen LogP contribution in [0.5, 0.6) is 0 Å². The monoisotopic (exact) mass is 485 g/mol. The molecule has 0 aliphatic heterocycles. The molecule has 0 heterocycles. The van der Waals surface area contributed by atoms with Gasteiger partial charge in [-0.1, -0.05) is 25.1 Å². The highest BCUT2D eigenvalue weighted by molar-refractivity contribution is 14.0. The van der Waals surface area contributed by atoms with E-state index in [9.17, 15) is 8.42 Å². The lowest BCUT2D eigenvalue weighted by atomic mass is 10.4. The van der Waals surface area contributed by atoms with Crippen LogP contribution in [0.1, 0.15) is 20.3 Å². The molecule has 138 valence electrons. The molecule has 5 nitrogen and oxygen atoms in total. The lowest BCUT2D eigenvalue weighted by Gasteiger charge is -2.13. The molecule has 0 bridgehead atoms. The van der Waals surface area contributed by atoms with Gasteiger partial charge in [-0.15, -0.1) is 35.7 Å². The van der Waals surface area contributed by atoms with Crippen LogP contribution in [-0.2, 0) is 9.84 Å². The average molecular weight is 485 g/mol. The van der Waals surface area contributed by atoms with Crippen molar-refractivity contribution in [1.29, 1.82) is 0 Å². The highest BCUT2D eigenvalue weighted by atomic mass is 127. The number of halogens is 1. The molecule has 0 saturated carbocycles. The van der Waals surface area contributed by atoms with Gasteiger partial charge in [0, 0.05) is 29.5 Å². The van der Waals surface area contributed by atoms with E-state index in [4.69, 9.17) is 0 Å². The van der Waals surface area contributed by atoms with Crippen molar-refractivity contribution in [2.75, 3.05) is 31.6 Å². The van der Waals surface area contributed by atoms with Gasteiger partial charge < -0.3 is 10.6 Å². The fourth-order valence-corrected chi connectivity index (χ4v) is 3.47. The Balaban J connectivity index is 0.00000529. The third kappa shape index (κ3) is 12.0. The molecular weight excluding hydrogens is 457 g/mol. The molecule has 0 aliphatic carbocycles. The molecule has 0 aromatic heterocycles. The SMILES string of the molecule is CCNC(=NCC(C)Sc1ccccc1)NCCCS(C)(=O)=O.I. The maximum atomic E-state index is 11.1. The second-order valence-corrected chi connectivity index (χ2v) is 9.14. The third-order valence-corrected chi connectivity index (χ3v) is 5.04. The summed E-state index contributed by atoms with van der Waals surface area (Å²) < 4.78 is 22.2. The van der Waals surface area contributed by atoms with Crippen LogP contribution >= 0.6 is 35.7 Å². The van der Waals surface area contributed by atoms with Gasteiger partial charge >= 0.3 is 0 Å². The van der Waals surface area contributed by atoms with Gasteiger partial charge in [-0.3, -0.25) is 4.99 Å². The molecule has 0 radical (unpaired) electrons. The lowest BCUT2D eigenvalue weighted by molar-refractivity contribution is 0.598. The Morgan fingerprint density at radius 3 is 2.50 bits per heavy atom. The Kier molecular flexibility index (Phi) is 12.6. The zero-order chi connectivity index (χ0) is 17.1. The van der Waals surface area contributed by atoms with E-state index in [1.54, 1.807) is 11.8 Å². The first-order valence-electron chi connectivity index (χ1n) is 7.82. The summed E-state index contributed by atoms with van der Waals surface area (Å²) in [5, 5.41) is 6.72. The van der Waals surface area contributed by atoms with Gasteiger partial charge in [0.15, 0.2) is 5.96 Å².